The molecule has 0 atom stereocenters. The standard InChI is InChI=1S/C13H17NO5/c1-3-6-14(8-12(16)17)13(18)10-5-4-9(19-2)7-11(10)15/h4-5,7,15H,3,6,8H2,1-2H3,(H,16,17). The van der Waals surface area contributed by atoms with E-state index in [9.17, 15) is 14.7 Å². The molecule has 1 amide bonds. The van der Waals surface area contributed by atoms with E-state index in [2.05, 4.69) is 0 Å². The van der Waals surface area contributed by atoms with Crippen molar-refractivity contribution in [2.75, 3.05) is 20.2 Å². The Kier molecular flexibility index (Phi) is 5.17. The maximum absolute atomic E-state index is 12.2. The predicted molar refractivity (Wildman–Crippen MR) is 68.5 cm³/mol. The molecule has 6 nitrogen and oxygen atoms in total. The van der Waals surface area contributed by atoms with Crippen LogP contribution >= 0.6 is 0 Å². The lowest BCUT2D eigenvalue weighted by atomic mass is 10.1. The molecule has 19 heavy (non-hydrogen) atoms. The number of benzene rings is 1. The van der Waals surface area contributed by atoms with E-state index in [-0.39, 0.29) is 11.3 Å². The number of phenolic OH excluding ortho intramolecular Hbond substituents is 1. The molecule has 2 N–H and O–H groups in total. The van der Waals surface area contributed by atoms with Gasteiger partial charge in [0, 0.05) is 12.6 Å². The maximum atomic E-state index is 12.2. The van der Waals surface area contributed by atoms with Crippen molar-refractivity contribution in [2.24, 2.45) is 0 Å². The molecule has 0 heterocycles. The molecule has 0 spiro atoms. The lowest BCUT2D eigenvalue weighted by Crippen LogP contribution is -2.36. The fraction of sp³-hybridized carbons (Fsp3) is 0.385. The molecular formula is C13H17NO5. The van der Waals surface area contributed by atoms with Crippen LogP contribution in [0.4, 0.5) is 0 Å². The number of carbonyl (C=O) groups is 2. The van der Waals surface area contributed by atoms with Gasteiger partial charge in [0.25, 0.3) is 5.91 Å². The molecule has 0 saturated heterocycles. The summed E-state index contributed by atoms with van der Waals surface area (Å²) >= 11 is 0. The van der Waals surface area contributed by atoms with Gasteiger partial charge in [0.15, 0.2) is 0 Å². The summed E-state index contributed by atoms with van der Waals surface area (Å²) in [4.78, 5) is 24.1. The number of carboxylic acid groups (broad SMARTS) is 1. The van der Waals surface area contributed by atoms with E-state index in [1.165, 1.54) is 30.2 Å². The first-order valence-electron chi connectivity index (χ1n) is 5.87. The summed E-state index contributed by atoms with van der Waals surface area (Å²) in [6, 6.07) is 4.27. The van der Waals surface area contributed by atoms with Crippen molar-refractivity contribution >= 4 is 11.9 Å². The van der Waals surface area contributed by atoms with Gasteiger partial charge in [0.2, 0.25) is 0 Å². The zero-order valence-electron chi connectivity index (χ0n) is 10.9. The predicted octanol–water partition coefficient (Wildman–Crippen LogP) is 1.34. The van der Waals surface area contributed by atoms with Crippen molar-refractivity contribution < 1.29 is 24.5 Å². The molecule has 0 unspecified atom stereocenters. The van der Waals surface area contributed by atoms with Crippen LogP contribution in [-0.4, -0.2) is 47.2 Å². The summed E-state index contributed by atoms with van der Waals surface area (Å²) in [5.41, 5.74) is 0.0653. The first-order valence-corrected chi connectivity index (χ1v) is 5.87. The Balaban J connectivity index is 2.98. The number of amides is 1. The average Bonchev–Trinajstić information content (AvgIpc) is 2.36. The molecule has 104 valence electrons. The fourth-order valence-electron chi connectivity index (χ4n) is 1.68. The maximum Gasteiger partial charge on any atom is 0.323 e. The highest BCUT2D eigenvalue weighted by Gasteiger charge is 2.20. The highest BCUT2D eigenvalue weighted by atomic mass is 16.5. The number of hydrogen-bond acceptors (Lipinski definition) is 4. The number of carbonyl (C=O) groups excluding carboxylic acids is 1. The van der Waals surface area contributed by atoms with Gasteiger partial charge in [-0.25, -0.2) is 0 Å². The summed E-state index contributed by atoms with van der Waals surface area (Å²) in [6.07, 6.45) is 0.635. The zero-order chi connectivity index (χ0) is 14.4. The molecule has 0 saturated carbocycles. The monoisotopic (exact) mass is 267 g/mol. The highest BCUT2D eigenvalue weighted by Crippen LogP contribution is 2.24. The minimum Gasteiger partial charge on any atom is -0.507 e. The Labute approximate surface area is 111 Å². The van der Waals surface area contributed by atoms with Crippen LogP contribution in [0.15, 0.2) is 18.2 Å². The molecule has 1 aromatic rings. The van der Waals surface area contributed by atoms with Crippen molar-refractivity contribution in [3.05, 3.63) is 23.8 Å². The number of phenols is 1. The smallest absolute Gasteiger partial charge is 0.323 e. The van der Waals surface area contributed by atoms with E-state index in [1.54, 1.807) is 0 Å². The van der Waals surface area contributed by atoms with Crippen molar-refractivity contribution in [2.45, 2.75) is 13.3 Å². The minimum absolute atomic E-state index is 0.0653. The van der Waals surface area contributed by atoms with Gasteiger partial charge >= 0.3 is 5.97 Å². The van der Waals surface area contributed by atoms with Gasteiger partial charge in [-0.2, -0.15) is 0 Å². The van der Waals surface area contributed by atoms with Crippen molar-refractivity contribution in [1.82, 2.24) is 4.90 Å². The van der Waals surface area contributed by atoms with Crippen molar-refractivity contribution in [3.8, 4) is 11.5 Å². The molecule has 0 aromatic heterocycles. The third-order valence-electron chi connectivity index (χ3n) is 2.54. The van der Waals surface area contributed by atoms with E-state index < -0.39 is 18.4 Å². The second-order valence-electron chi connectivity index (χ2n) is 4.00. The summed E-state index contributed by atoms with van der Waals surface area (Å²) in [7, 11) is 1.45. The van der Waals surface area contributed by atoms with E-state index in [1.807, 2.05) is 6.92 Å². The lowest BCUT2D eigenvalue weighted by molar-refractivity contribution is -0.137. The number of rotatable bonds is 6. The van der Waals surface area contributed by atoms with Crippen LogP contribution < -0.4 is 4.74 Å². The van der Waals surface area contributed by atoms with Crippen molar-refractivity contribution in [1.29, 1.82) is 0 Å². The molecule has 1 rings (SSSR count). The third kappa shape index (κ3) is 3.87. The molecule has 0 aliphatic rings. The van der Waals surface area contributed by atoms with Crippen molar-refractivity contribution in [3.63, 3.8) is 0 Å². The molecule has 1 aromatic carbocycles. The number of hydrogen-bond donors (Lipinski definition) is 2. The van der Waals surface area contributed by atoms with E-state index in [0.29, 0.717) is 18.7 Å². The number of ether oxygens (including phenoxy) is 1. The van der Waals surface area contributed by atoms with Crippen LogP contribution in [0.3, 0.4) is 0 Å². The second kappa shape index (κ2) is 6.63. The zero-order valence-corrected chi connectivity index (χ0v) is 10.9. The van der Waals surface area contributed by atoms with Gasteiger partial charge in [-0.3, -0.25) is 9.59 Å². The third-order valence-corrected chi connectivity index (χ3v) is 2.54. The van der Waals surface area contributed by atoms with E-state index in [4.69, 9.17) is 9.84 Å². The van der Waals surface area contributed by atoms with Gasteiger partial charge in [-0.05, 0) is 18.6 Å². The first kappa shape index (κ1) is 14.8. The number of aromatic hydroxyl groups is 1. The normalized spacial score (nSPS) is 10.0. The van der Waals surface area contributed by atoms with E-state index >= 15 is 0 Å². The summed E-state index contributed by atoms with van der Waals surface area (Å²) in [5, 5.41) is 18.6. The van der Waals surface area contributed by atoms with Crippen LogP contribution in [0.2, 0.25) is 0 Å². The largest absolute Gasteiger partial charge is 0.507 e. The molecule has 0 radical (unpaired) electrons. The summed E-state index contributed by atoms with van der Waals surface area (Å²) in [5.74, 6) is -1.40. The first-order chi connectivity index (χ1) is 8.99. The van der Waals surface area contributed by atoms with Crippen LogP contribution in [0.5, 0.6) is 11.5 Å². The van der Waals surface area contributed by atoms with Crippen LogP contribution in [0, 0.1) is 0 Å². The Morgan fingerprint density at radius 1 is 1.37 bits per heavy atom. The van der Waals surface area contributed by atoms with Gasteiger partial charge < -0.3 is 19.8 Å². The summed E-state index contributed by atoms with van der Waals surface area (Å²) < 4.78 is 4.92. The Morgan fingerprint density at radius 2 is 2.05 bits per heavy atom. The Bertz CT molecular complexity index is 472. The molecular weight excluding hydrogens is 250 g/mol. The topological polar surface area (TPSA) is 87.1 Å². The molecule has 0 aliphatic heterocycles. The highest BCUT2D eigenvalue weighted by molar-refractivity contribution is 5.98. The van der Waals surface area contributed by atoms with Crippen LogP contribution in [0.1, 0.15) is 23.7 Å². The van der Waals surface area contributed by atoms with Gasteiger partial charge in [-0.15, -0.1) is 0 Å². The minimum atomic E-state index is -1.09. The fourth-order valence-corrected chi connectivity index (χ4v) is 1.68. The number of methoxy groups -OCH3 is 1. The quantitative estimate of drug-likeness (QED) is 0.812. The number of nitrogens with zero attached hydrogens (tertiary/aromatic N) is 1. The average molecular weight is 267 g/mol. The second-order valence-corrected chi connectivity index (χ2v) is 4.00. The van der Waals surface area contributed by atoms with Crippen LogP contribution in [0.25, 0.3) is 0 Å². The molecule has 0 bridgehead atoms. The summed E-state index contributed by atoms with van der Waals surface area (Å²) in [6.45, 7) is 1.77. The SMILES string of the molecule is CCCN(CC(=O)O)C(=O)c1ccc(OC)cc1O. The molecule has 0 aliphatic carbocycles. The number of aliphatic carboxylic acids is 1. The van der Waals surface area contributed by atoms with Gasteiger partial charge in [-0.1, -0.05) is 6.92 Å². The van der Waals surface area contributed by atoms with E-state index in [0.717, 1.165) is 0 Å². The Morgan fingerprint density at radius 3 is 2.53 bits per heavy atom. The number of carboxylic acids is 1. The van der Waals surface area contributed by atoms with Gasteiger partial charge in [0.1, 0.15) is 18.0 Å². The lowest BCUT2D eigenvalue weighted by Gasteiger charge is -2.20. The molecule has 6 heteroatoms. The van der Waals surface area contributed by atoms with Crippen LogP contribution in [-0.2, 0) is 4.79 Å². The molecule has 0 fully saturated rings. The Hall–Kier alpha value is -2.24. The van der Waals surface area contributed by atoms with Gasteiger partial charge in [0.05, 0.1) is 12.7 Å².